The second-order valence-corrected chi connectivity index (χ2v) is 7.18. The topological polar surface area (TPSA) is 111 Å². The molecule has 0 bridgehead atoms. The number of amidine groups is 1. The van der Waals surface area contributed by atoms with Crippen molar-refractivity contribution in [2.45, 2.75) is 6.92 Å². The first-order valence-electron chi connectivity index (χ1n) is 9.67. The fraction of sp³-hybridized carbons (Fsp3) is 0.174. The minimum atomic E-state index is -1.02. The zero-order valence-electron chi connectivity index (χ0n) is 18.4. The van der Waals surface area contributed by atoms with Crippen molar-refractivity contribution in [3.05, 3.63) is 70.8 Å². The normalized spacial score (nSPS) is 10.5. The molecule has 1 heterocycles. The number of pyridine rings is 1. The number of ether oxygens (including phenoxy) is 3. The Bertz CT molecular complexity index is 1230. The summed E-state index contributed by atoms with van der Waals surface area (Å²) >= 11 is 0. The van der Waals surface area contributed by atoms with Crippen LogP contribution in [-0.4, -0.2) is 42.8 Å². The third-order valence-electron chi connectivity index (χ3n) is 4.62. The second-order valence-electron chi connectivity index (χ2n) is 7.18. The van der Waals surface area contributed by atoms with Crippen LogP contribution in [0.4, 0.5) is 8.78 Å². The van der Waals surface area contributed by atoms with Gasteiger partial charge >= 0.3 is 0 Å². The Hall–Kier alpha value is -4.21. The third-order valence-corrected chi connectivity index (χ3v) is 4.62. The standard InChI is InChI=1S/C23H22F2N4O4/c1-12-18(24)21(32-14-7-5-6-13(10-14)20(26)27)28-22(19(12)25)33-15-8-9-17(31-4)16(11-15)23(30)29(2)3/h5-11H,1-4H3,(H3,26,27). The summed E-state index contributed by atoms with van der Waals surface area (Å²) in [6, 6.07) is 10.4. The van der Waals surface area contributed by atoms with Gasteiger partial charge in [0.1, 0.15) is 23.1 Å². The molecule has 0 saturated heterocycles. The van der Waals surface area contributed by atoms with Gasteiger partial charge in [0, 0.05) is 25.2 Å². The highest BCUT2D eigenvalue weighted by molar-refractivity contribution is 5.97. The van der Waals surface area contributed by atoms with Crippen LogP contribution in [0.5, 0.6) is 29.0 Å². The summed E-state index contributed by atoms with van der Waals surface area (Å²) in [5.41, 5.74) is 5.65. The predicted molar refractivity (Wildman–Crippen MR) is 118 cm³/mol. The van der Waals surface area contributed by atoms with Crippen molar-refractivity contribution < 1.29 is 27.8 Å². The van der Waals surface area contributed by atoms with Crippen molar-refractivity contribution in [1.82, 2.24) is 9.88 Å². The van der Waals surface area contributed by atoms with E-state index in [1.807, 2.05) is 0 Å². The highest BCUT2D eigenvalue weighted by Crippen LogP contribution is 2.34. The summed E-state index contributed by atoms with van der Waals surface area (Å²) in [5.74, 6) is -3.11. The Morgan fingerprint density at radius 2 is 1.64 bits per heavy atom. The maximum absolute atomic E-state index is 14.7. The molecule has 3 rings (SSSR count). The number of nitrogen functional groups attached to an aromatic ring is 1. The van der Waals surface area contributed by atoms with E-state index in [2.05, 4.69) is 4.98 Å². The van der Waals surface area contributed by atoms with Gasteiger partial charge in [0.05, 0.1) is 12.7 Å². The molecule has 0 radical (unpaired) electrons. The van der Waals surface area contributed by atoms with Gasteiger partial charge in [-0.2, -0.15) is 4.98 Å². The zero-order chi connectivity index (χ0) is 24.3. The zero-order valence-corrected chi connectivity index (χ0v) is 18.4. The van der Waals surface area contributed by atoms with Crippen molar-refractivity contribution in [3.63, 3.8) is 0 Å². The Labute approximate surface area is 189 Å². The summed E-state index contributed by atoms with van der Waals surface area (Å²) in [5, 5.41) is 7.51. The van der Waals surface area contributed by atoms with E-state index in [0.29, 0.717) is 11.3 Å². The Balaban J connectivity index is 1.99. The highest BCUT2D eigenvalue weighted by Gasteiger charge is 2.22. The van der Waals surface area contributed by atoms with Crippen molar-refractivity contribution in [3.8, 4) is 29.0 Å². The number of nitrogens with zero attached hydrogens (tertiary/aromatic N) is 2. The van der Waals surface area contributed by atoms with Crippen LogP contribution in [-0.2, 0) is 0 Å². The lowest BCUT2D eigenvalue weighted by atomic mass is 10.1. The highest BCUT2D eigenvalue weighted by atomic mass is 19.1. The molecule has 10 heteroatoms. The van der Waals surface area contributed by atoms with Crippen LogP contribution in [0.3, 0.4) is 0 Å². The number of amides is 1. The number of halogens is 2. The van der Waals surface area contributed by atoms with Crippen molar-refractivity contribution >= 4 is 11.7 Å². The number of nitrogens with one attached hydrogen (secondary N) is 1. The summed E-state index contributed by atoms with van der Waals surface area (Å²) in [6.07, 6.45) is 0. The Morgan fingerprint density at radius 1 is 1.03 bits per heavy atom. The van der Waals surface area contributed by atoms with E-state index in [4.69, 9.17) is 25.4 Å². The van der Waals surface area contributed by atoms with Crippen LogP contribution in [0.15, 0.2) is 42.5 Å². The average Bonchev–Trinajstić information content (AvgIpc) is 2.80. The van der Waals surface area contributed by atoms with Crippen LogP contribution in [0, 0.1) is 24.0 Å². The molecule has 172 valence electrons. The molecule has 0 fully saturated rings. The van der Waals surface area contributed by atoms with Gasteiger partial charge in [-0.15, -0.1) is 0 Å². The van der Waals surface area contributed by atoms with Gasteiger partial charge in [0.2, 0.25) is 0 Å². The summed E-state index contributed by atoms with van der Waals surface area (Å²) < 4.78 is 45.6. The first kappa shape index (κ1) is 23.5. The predicted octanol–water partition coefficient (Wildman–Crippen LogP) is 4.25. The van der Waals surface area contributed by atoms with Crippen LogP contribution < -0.4 is 19.9 Å². The number of carbonyl (C=O) groups excluding carboxylic acids is 1. The van der Waals surface area contributed by atoms with Crippen LogP contribution in [0.2, 0.25) is 0 Å². The maximum Gasteiger partial charge on any atom is 0.259 e. The molecular formula is C23H22F2N4O4. The fourth-order valence-corrected chi connectivity index (χ4v) is 2.85. The Morgan fingerprint density at radius 3 is 2.18 bits per heavy atom. The van der Waals surface area contributed by atoms with Crippen molar-refractivity contribution in [1.29, 1.82) is 5.41 Å². The molecule has 0 saturated carbocycles. The quantitative estimate of drug-likeness (QED) is 0.406. The summed E-state index contributed by atoms with van der Waals surface area (Å²) in [7, 11) is 4.56. The van der Waals surface area contributed by atoms with Crippen LogP contribution >= 0.6 is 0 Å². The summed E-state index contributed by atoms with van der Waals surface area (Å²) in [6.45, 7) is 1.22. The lowest BCUT2D eigenvalue weighted by Gasteiger charge is -2.16. The first-order valence-corrected chi connectivity index (χ1v) is 9.67. The smallest absolute Gasteiger partial charge is 0.259 e. The Kier molecular flexibility index (Phi) is 6.76. The minimum Gasteiger partial charge on any atom is -0.496 e. The molecule has 0 aliphatic heterocycles. The molecule has 0 unspecified atom stereocenters. The molecule has 33 heavy (non-hydrogen) atoms. The monoisotopic (exact) mass is 456 g/mol. The number of carbonyl (C=O) groups is 1. The van der Waals surface area contributed by atoms with Crippen molar-refractivity contribution in [2.24, 2.45) is 5.73 Å². The number of rotatable bonds is 7. The van der Waals surface area contributed by atoms with Crippen LogP contribution in [0.1, 0.15) is 21.5 Å². The molecule has 1 amide bonds. The van der Waals surface area contributed by atoms with E-state index >= 15 is 0 Å². The van der Waals surface area contributed by atoms with Gasteiger partial charge in [0.25, 0.3) is 17.7 Å². The number of hydrogen-bond donors (Lipinski definition) is 2. The molecule has 0 atom stereocenters. The van der Waals surface area contributed by atoms with Gasteiger partial charge in [-0.1, -0.05) is 12.1 Å². The summed E-state index contributed by atoms with van der Waals surface area (Å²) in [4.78, 5) is 17.6. The van der Waals surface area contributed by atoms with E-state index < -0.39 is 23.4 Å². The second kappa shape index (κ2) is 9.51. The van der Waals surface area contributed by atoms with E-state index in [0.717, 1.165) is 0 Å². The number of benzene rings is 2. The number of nitrogens with two attached hydrogens (primary N) is 1. The lowest BCUT2D eigenvalue weighted by Crippen LogP contribution is -2.22. The fourth-order valence-electron chi connectivity index (χ4n) is 2.85. The first-order chi connectivity index (χ1) is 15.6. The van der Waals surface area contributed by atoms with Crippen molar-refractivity contribution in [2.75, 3.05) is 21.2 Å². The number of aromatic nitrogens is 1. The van der Waals surface area contributed by atoms with Crippen LogP contribution in [0.25, 0.3) is 0 Å². The average molecular weight is 456 g/mol. The molecule has 1 aromatic heterocycles. The lowest BCUT2D eigenvalue weighted by molar-refractivity contribution is 0.0824. The van der Waals surface area contributed by atoms with Gasteiger partial charge in [-0.25, -0.2) is 8.78 Å². The maximum atomic E-state index is 14.7. The molecular weight excluding hydrogens is 434 g/mol. The van der Waals surface area contributed by atoms with E-state index in [9.17, 15) is 13.6 Å². The number of hydrogen-bond acceptors (Lipinski definition) is 6. The van der Waals surface area contributed by atoms with Gasteiger partial charge in [-0.05, 0) is 37.3 Å². The molecule has 0 aliphatic carbocycles. The van der Waals surface area contributed by atoms with E-state index in [-0.39, 0.29) is 34.4 Å². The van der Waals surface area contributed by atoms with Gasteiger partial charge in [0.15, 0.2) is 11.6 Å². The third kappa shape index (κ3) is 5.00. The molecule has 3 aromatic rings. The molecule has 2 aromatic carbocycles. The van der Waals surface area contributed by atoms with Gasteiger partial charge in [-0.3, -0.25) is 10.2 Å². The van der Waals surface area contributed by atoms with Gasteiger partial charge < -0.3 is 24.8 Å². The molecule has 0 spiro atoms. The molecule has 0 aliphatic rings. The molecule has 3 N–H and O–H groups in total. The van der Waals surface area contributed by atoms with E-state index in [1.165, 1.54) is 49.3 Å². The molecule has 8 nitrogen and oxygen atoms in total. The largest absolute Gasteiger partial charge is 0.496 e. The number of methoxy groups -OCH3 is 1. The minimum absolute atomic E-state index is 0.0861. The van der Waals surface area contributed by atoms with E-state index in [1.54, 1.807) is 26.2 Å². The SMILES string of the molecule is COc1ccc(Oc2nc(Oc3cccc(C(=N)N)c3)c(F)c(C)c2F)cc1C(=O)N(C)C.